The topological polar surface area (TPSA) is 37.3 Å². The Morgan fingerprint density at radius 1 is 1.45 bits per heavy atom. The van der Waals surface area contributed by atoms with Crippen molar-refractivity contribution >= 4 is 33.7 Å². The van der Waals surface area contributed by atoms with Gasteiger partial charge in [-0.1, -0.05) is 42.9 Å². The van der Waals surface area contributed by atoms with Gasteiger partial charge in [0.05, 0.1) is 5.25 Å². The highest BCUT2D eigenvalue weighted by molar-refractivity contribution is 14.1. The summed E-state index contributed by atoms with van der Waals surface area (Å²) in [6, 6.07) is 0. The standard InChI is InChI=1S/C6H14O2S.CH3I/c1-3-5-6(4-2)9(7)8;1-2/h6H,3-5H2,1-2H3,(H,7,8);1H3. The van der Waals surface area contributed by atoms with Crippen molar-refractivity contribution in [3.8, 4) is 0 Å². The molecule has 0 aromatic rings. The Morgan fingerprint density at radius 3 is 2.00 bits per heavy atom. The van der Waals surface area contributed by atoms with E-state index in [1.54, 1.807) is 0 Å². The Morgan fingerprint density at radius 2 is 1.91 bits per heavy atom. The van der Waals surface area contributed by atoms with Crippen molar-refractivity contribution in [3.05, 3.63) is 0 Å². The molecule has 0 rings (SSSR count). The molecule has 0 aliphatic carbocycles. The van der Waals surface area contributed by atoms with E-state index in [1.807, 2.05) is 18.8 Å². The molecule has 0 radical (unpaired) electrons. The minimum atomic E-state index is -1.60. The van der Waals surface area contributed by atoms with E-state index >= 15 is 0 Å². The van der Waals surface area contributed by atoms with Crippen molar-refractivity contribution < 1.29 is 8.76 Å². The highest BCUT2D eigenvalue weighted by atomic mass is 127. The summed E-state index contributed by atoms with van der Waals surface area (Å²) >= 11 is 0.547. The third-order valence-electron chi connectivity index (χ3n) is 1.35. The predicted octanol–water partition coefficient (Wildman–Crippen LogP) is 2.84. The van der Waals surface area contributed by atoms with Gasteiger partial charge < -0.3 is 4.55 Å². The van der Waals surface area contributed by atoms with E-state index in [-0.39, 0.29) is 5.25 Å². The Balaban J connectivity index is 0. The smallest absolute Gasteiger partial charge is 0.155 e. The predicted molar refractivity (Wildman–Crippen MR) is 59.7 cm³/mol. The first-order valence-electron chi connectivity index (χ1n) is 3.69. The van der Waals surface area contributed by atoms with Crippen molar-refractivity contribution in [2.45, 2.75) is 38.4 Å². The summed E-state index contributed by atoms with van der Waals surface area (Å²) in [5.74, 6) is 0. The Kier molecular flexibility index (Phi) is 14.2. The summed E-state index contributed by atoms with van der Waals surface area (Å²) < 4.78 is 19.0. The maximum Gasteiger partial charge on any atom is 0.155 e. The van der Waals surface area contributed by atoms with Gasteiger partial charge in [-0.25, -0.2) is 4.21 Å². The van der Waals surface area contributed by atoms with Crippen LogP contribution in [0, 0.1) is 0 Å². The molecule has 0 amide bonds. The van der Waals surface area contributed by atoms with Crippen molar-refractivity contribution in [3.63, 3.8) is 0 Å². The van der Waals surface area contributed by atoms with E-state index in [0.717, 1.165) is 19.3 Å². The highest BCUT2D eigenvalue weighted by Crippen LogP contribution is 2.06. The fourth-order valence-corrected chi connectivity index (χ4v) is 1.49. The van der Waals surface area contributed by atoms with Crippen LogP contribution in [0.15, 0.2) is 0 Å². The average Bonchev–Trinajstić information content (AvgIpc) is 2.03. The summed E-state index contributed by atoms with van der Waals surface area (Å²) in [4.78, 5) is 1.97. The average molecular weight is 292 g/mol. The monoisotopic (exact) mass is 292 g/mol. The number of rotatable bonds is 4. The second-order valence-electron chi connectivity index (χ2n) is 2.10. The van der Waals surface area contributed by atoms with Gasteiger partial charge in [0.25, 0.3) is 0 Å². The molecule has 0 spiro atoms. The Hall–Kier alpha value is 0.840. The fraction of sp³-hybridized carbons (Fsp3) is 1.00. The molecule has 1 N–H and O–H groups in total. The lowest BCUT2D eigenvalue weighted by atomic mass is 10.2. The van der Waals surface area contributed by atoms with Crippen LogP contribution in [0.3, 0.4) is 0 Å². The van der Waals surface area contributed by atoms with Crippen molar-refractivity contribution in [2.75, 3.05) is 4.93 Å². The zero-order valence-electron chi connectivity index (χ0n) is 7.34. The second-order valence-corrected chi connectivity index (χ2v) is 3.31. The van der Waals surface area contributed by atoms with Crippen LogP contribution in [0.4, 0.5) is 0 Å². The fourth-order valence-electron chi connectivity index (χ4n) is 0.769. The van der Waals surface area contributed by atoms with Crippen molar-refractivity contribution in [2.24, 2.45) is 0 Å². The quantitative estimate of drug-likeness (QED) is 0.491. The zero-order chi connectivity index (χ0) is 9.28. The van der Waals surface area contributed by atoms with E-state index in [0.29, 0.717) is 0 Å². The summed E-state index contributed by atoms with van der Waals surface area (Å²) in [5.41, 5.74) is 0. The van der Waals surface area contributed by atoms with Gasteiger partial charge in [-0.3, -0.25) is 0 Å². The third kappa shape index (κ3) is 8.75. The van der Waals surface area contributed by atoms with Crippen LogP contribution in [0.1, 0.15) is 33.1 Å². The van der Waals surface area contributed by atoms with Crippen LogP contribution >= 0.6 is 22.6 Å². The number of hydrogen-bond donors (Lipinski definition) is 1. The molecule has 0 saturated heterocycles. The molecule has 2 atom stereocenters. The van der Waals surface area contributed by atoms with Gasteiger partial charge in [0, 0.05) is 0 Å². The van der Waals surface area contributed by atoms with E-state index in [4.69, 9.17) is 4.55 Å². The minimum Gasteiger partial charge on any atom is -0.306 e. The van der Waals surface area contributed by atoms with Crippen LogP contribution in [0.25, 0.3) is 0 Å². The molecular weight excluding hydrogens is 275 g/mol. The van der Waals surface area contributed by atoms with Crippen molar-refractivity contribution in [1.82, 2.24) is 0 Å². The molecule has 0 aliphatic rings. The van der Waals surface area contributed by atoms with E-state index in [2.05, 4.69) is 22.6 Å². The first-order chi connectivity index (χ1) is 5.22. The third-order valence-corrected chi connectivity index (χ3v) is 2.49. The molecule has 4 heteroatoms. The maximum atomic E-state index is 10.4. The molecule has 0 bridgehead atoms. The van der Waals surface area contributed by atoms with Gasteiger partial charge in [0.1, 0.15) is 0 Å². The van der Waals surface area contributed by atoms with Gasteiger partial charge in [-0.05, 0) is 17.8 Å². The molecule has 0 aromatic carbocycles. The highest BCUT2D eigenvalue weighted by Gasteiger charge is 2.09. The largest absolute Gasteiger partial charge is 0.306 e. The lowest BCUT2D eigenvalue weighted by Gasteiger charge is -2.06. The maximum absolute atomic E-state index is 10.4. The summed E-state index contributed by atoms with van der Waals surface area (Å²) in [6.07, 6.45) is 2.65. The second kappa shape index (κ2) is 10.8. The van der Waals surface area contributed by atoms with Crippen LogP contribution < -0.4 is 0 Å². The van der Waals surface area contributed by atoms with E-state index < -0.39 is 11.1 Å². The zero-order valence-corrected chi connectivity index (χ0v) is 10.3. The van der Waals surface area contributed by atoms with Gasteiger partial charge in [0.2, 0.25) is 0 Å². The van der Waals surface area contributed by atoms with Gasteiger partial charge in [-0.2, -0.15) is 0 Å². The normalized spacial score (nSPS) is 14.6. The molecule has 70 valence electrons. The lowest BCUT2D eigenvalue weighted by molar-refractivity contribution is 0.534. The summed E-state index contributed by atoms with van der Waals surface area (Å²) in [5, 5.41) is -0.00463. The molecule has 0 fully saturated rings. The van der Waals surface area contributed by atoms with Crippen molar-refractivity contribution in [1.29, 1.82) is 0 Å². The molecule has 11 heavy (non-hydrogen) atoms. The van der Waals surface area contributed by atoms with Crippen LogP contribution in [0.2, 0.25) is 0 Å². The molecule has 2 unspecified atom stereocenters. The summed E-state index contributed by atoms with van der Waals surface area (Å²) in [6.45, 7) is 3.96. The number of halogens is 1. The minimum absolute atomic E-state index is 0.00463. The van der Waals surface area contributed by atoms with Crippen LogP contribution in [0.5, 0.6) is 0 Å². The molecule has 2 nitrogen and oxygen atoms in total. The first kappa shape index (κ1) is 14.4. The molecule has 0 aromatic heterocycles. The van der Waals surface area contributed by atoms with E-state index in [1.165, 1.54) is 0 Å². The first-order valence-corrected chi connectivity index (χ1v) is 7.02. The number of alkyl halides is 1. The van der Waals surface area contributed by atoms with Crippen LogP contribution in [-0.2, 0) is 11.1 Å². The number of hydrogen-bond acceptors (Lipinski definition) is 1. The Bertz CT molecular complexity index is 98.4. The molecule has 0 saturated carbocycles. The Labute approximate surface area is 85.6 Å². The molecule has 0 heterocycles. The van der Waals surface area contributed by atoms with E-state index in [9.17, 15) is 4.21 Å². The van der Waals surface area contributed by atoms with Gasteiger partial charge >= 0.3 is 0 Å². The lowest BCUT2D eigenvalue weighted by Crippen LogP contribution is -2.12. The summed E-state index contributed by atoms with van der Waals surface area (Å²) in [7, 11) is 0. The SMILES string of the molecule is CCCC(CC)S(=O)O.CI. The molecular formula is C7H17IO2S. The molecule has 0 aliphatic heterocycles. The van der Waals surface area contributed by atoms with Gasteiger partial charge in [0.15, 0.2) is 11.1 Å². The van der Waals surface area contributed by atoms with Gasteiger partial charge in [-0.15, -0.1) is 0 Å². The van der Waals surface area contributed by atoms with Crippen LogP contribution in [-0.4, -0.2) is 18.9 Å².